The van der Waals surface area contributed by atoms with Gasteiger partial charge in [0, 0.05) is 17.0 Å². The third-order valence-corrected chi connectivity index (χ3v) is 6.93. The first-order valence-electron chi connectivity index (χ1n) is 8.55. The summed E-state index contributed by atoms with van der Waals surface area (Å²) in [7, 11) is 0. The number of benzene rings is 1. The molecule has 2 aromatic heterocycles. The van der Waals surface area contributed by atoms with E-state index in [0.717, 1.165) is 34.4 Å². The first kappa shape index (κ1) is 19.1. The fourth-order valence-corrected chi connectivity index (χ4v) is 5.13. The maximum atomic E-state index is 12.6. The molecule has 0 fully saturated rings. The lowest BCUT2D eigenvalue weighted by atomic mass is 10.1. The predicted octanol–water partition coefficient (Wildman–Crippen LogP) is 5.18. The molecule has 4 nitrogen and oxygen atoms in total. The summed E-state index contributed by atoms with van der Waals surface area (Å²) in [6.45, 7) is 4.86. The van der Waals surface area contributed by atoms with Crippen molar-refractivity contribution >= 4 is 45.4 Å². The summed E-state index contributed by atoms with van der Waals surface area (Å²) in [5.41, 5.74) is 1.99. The summed E-state index contributed by atoms with van der Waals surface area (Å²) in [6.07, 6.45) is 1.95. The summed E-state index contributed by atoms with van der Waals surface area (Å²) in [4.78, 5) is 13.9. The maximum Gasteiger partial charge on any atom is 0.206 e. The van der Waals surface area contributed by atoms with Crippen molar-refractivity contribution in [1.29, 1.82) is 0 Å². The average Bonchev–Trinajstić information content (AvgIpc) is 3.33. The molecule has 0 aliphatic carbocycles. The van der Waals surface area contributed by atoms with Crippen LogP contribution in [0.2, 0.25) is 0 Å². The lowest BCUT2D eigenvalue weighted by molar-refractivity contribution is 0.0994. The predicted molar refractivity (Wildman–Crippen MR) is 112 cm³/mol. The van der Waals surface area contributed by atoms with E-state index in [1.165, 1.54) is 33.5 Å². The van der Waals surface area contributed by atoms with Crippen LogP contribution in [-0.4, -0.2) is 27.8 Å². The van der Waals surface area contributed by atoms with Gasteiger partial charge in [0.05, 0.1) is 5.25 Å². The second-order valence-corrected chi connectivity index (χ2v) is 9.40. The van der Waals surface area contributed by atoms with E-state index in [1.54, 1.807) is 11.3 Å². The zero-order chi connectivity index (χ0) is 18.4. The maximum absolute atomic E-state index is 12.6. The quantitative estimate of drug-likeness (QED) is 0.394. The first-order chi connectivity index (χ1) is 12.7. The van der Waals surface area contributed by atoms with Gasteiger partial charge in [-0.2, -0.15) is 0 Å². The second kappa shape index (κ2) is 9.30. The fourth-order valence-electron chi connectivity index (χ4n) is 2.42. The molecule has 3 rings (SSSR count). The van der Waals surface area contributed by atoms with Crippen molar-refractivity contribution in [3.8, 4) is 0 Å². The van der Waals surface area contributed by atoms with Crippen molar-refractivity contribution in [1.82, 2.24) is 10.2 Å². The monoisotopic (exact) mass is 403 g/mol. The number of anilines is 1. The number of rotatable bonds is 9. The van der Waals surface area contributed by atoms with Crippen molar-refractivity contribution in [2.45, 2.75) is 36.3 Å². The molecule has 3 aromatic rings. The molecule has 7 heteroatoms. The molecule has 0 aliphatic rings. The fraction of sp³-hybridized carbons (Fsp3) is 0.316. The van der Waals surface area contributed by atoms with Crippen molar-refractivity contribution < 1.29 is 4.79 Å². The van der Waals surface area contributed by atoms with E-state index in [0.29, 0.717) is 0 Å². The number of carbonyl (C=O) groups excluding carboxylic acids is 1. The Kier molecular flexibility index (Phi) is 6.82. The number of nitrogens with one attached hydrogen (secondary N) is 1. The van der Waals surface area contributed by atoms with Crippen LogP contribution in [0.5, 0.6) is 0 Å². The van der Waals surface area contributed by atoms with E-state index < -0.39 is 0 Å². The molecular weight excluding hydrogens is 382 g/mol. The van der Waals surface area contributed by atoms with Crippen molar-refractivity contribution in [2.75, 3.05) is 11.9 Å². The molecule has 0 radical (unpaired) electrons. The third kappa shape index (κ3) is 5.16. The Hall–Kier alpha value is -1.70. The SMILES string of the molecule is CCc1ccc(C(=O)C(C)Sc2nnc(NCCc3cccs3)s2)cc1. The lowest BCUT2D eigenvalue weighted by Crippen LogP contribution is -2.13. The minimum absolute atomic E-state index is 0.125. The van der Waals surface area contributed by atoms with Crippen LogP contribution in [-0.2, 0) is 12.8 Å². The number of aromatic nitrogens is 2. The van der Waals surface area contributed by atoms with Gasteiger partial charge >= 0.3 is 0 Å². The van der Waals surface area contributed by atoms with Gasteiger partial charge in [0.2, 0.25) is 5.13 Å². The van der Waals surface area contributed by atoms with Crippen molar-refractivity contribution in [3.63, 3.8) is 0 Å². The van der Waals surface area contributed by atoms with Crippen molar-refractivity contribution in [2.24, 2.45) is 0 Å². The van der Waals surface area contributed by atoms with E-state index in [1.807, 2.05) is 31.2 Å². The minimum Gasteiger partial charge on any atom is -0.360 e. The molecule has 136 valence electrons. The Balaban J connectivity index is 1.51. The number of hydrogen-bond acceptors (Lipinski definition) is 7. The second-order valence-electron chi connectivity index (χ2n) is 5.80. The van der Waals surface area contributed by atoms with E-state index >= 15 is 0 Å². The molecule has 1 aromatic carbocycles. The van der Waals surface area contributed by atoms with Gasteiger partial charge in [0.25, 0.3) is 0 Å². The van der Waals surface area contributed by atoms with Crippen LogP contribution in [0.4, 0.5) is 5.13 Å². The Morgan fingerprint density at radius 2 is 2.04 bits per heavy atom. The van der Waals surface area contributed by atoms with Crippen LogP contribution in [0.15, 0.2) is 46.1 Å². The molecule has 1 N–H and O–H groups in total. The molecule has 0 saturated carbocycles. The number of Topliss-reactive ketones (excluding diaryl/α,β-unsaturated/α-hetero) is 1. The molecule has 0 saturated heterocycles. The molecule has 2 heterocycles. The highest BCUT2D eigenvalue weighted by Gasteiger charge is 2.18. The van der Waals surface area contributed by atoms with Gasteiger partial charge in [-0.15, -0.1) is 21.5 Å². The zero-order valence-corrected chi connectivity index (χ0v) is 17.2. The molecule has 0 aliphatic heterocycles. The average molecular weight is 404 g/mol. The smallest absolute Gasteiger partial charge is 0.206 e. The highest BCUT2D eigenvalue weighted by molar-refractivity contribution is 8.02. The summed E-state index contributed by atoms with van der Waals surface area (Å²) in [6, 6.07) is 12.1. The minimum atomic E-state index is -0.186. The van der Waals surface area contributed by atoms with Gasteiger partial charge in [-0.25, -0.2) is 0 Å². The summed E-state index contributed by atoms with van der Waals surface area (Å²) in [5.74, 6) is 0.125. The first-order valence-corrected chi connectivity index (χ1v) is 11.1. The molecule has 26 heavy (non-hydrogen) atoms. The van der Waals surface area contributed by atoms with E-state index in [9.17, 15) is 4.79 Å². The van der Waals surface area contributed by atoms with Gasteiger partial charge in [-0.3, -0.25) is 4.79 Å². The van der Waals surface area contributed by atoms with Gasteiger partial charge < -0.3 is 5.32 Å². The summed E-state index contributed by atoms with van der Waals surface area (Å²) < 4.78 is 0.814. The van der Waals surface area contributed by atoms with Crippen LogP contribution >= 0.6 is 34.4 Å². The van der Waals surface area contributed by atoms with E-state index in [4.69, 9.17) is 0 Å². The molecule has 0 spiro atoms. The number of carbonyl (C=O) groups is 1. The number of thioether (sulfide) groups is 1. The Bertz CT molecular complexity index is 828. The third-order valence-electron chi connectivity index (χ3n) is 3.93. The summed E-state index contributed by atoms with van der Waals surface area (Å²) in [5, 5.41) is 14.4. The van der Waals surface area contributed by atoms with E-state index in [2.05, 4.69) is 40.0 Å². The zero-order valence-electron chi connectivity index (χ0n) is 14.8. The summed E-state index contributed by atoms with van der Waals surface area (Å²) >= 11 is 4.72. The molecule has 0 bridgehead atoms. The van der Waals surface area contributed by atoms with Crippen LogP contribution in [0.3, 0.4) is 0 Å². The lowest BCUT2D eigenvalue weighted by Gasteiger charge is -2.08. The van der Waals surface area contributed by atoms with Gasteiger partial charge in [-0.05, 0) is 36.8 Å². The van der Waals surface area contributed by atoms with Gasteiger partial charge in [0.1, 0.15) is 0 Å². The van der Waals surface area contributed by atoms with Crippen LogP contribution in [0, 0.1) is 0 Å². The Morgan fingerprint density at radius 1 is 1.23 bits per heavy atom. The topological polar surface area (TPSA) is 54.9 Å². The largest absolute Gasteiger partial charge is 0.360 e. The van der Waals surface area contributed by atoms with Crippen LogP contribution < -0.4 is 5.32 Å². The number of aryl methyl sites for hydroxylation is 1. The van der Waals surface area contributed by atoms with Gasteiger partial charge in [-0.1, -0.05) is 60.4 Å². The number of thiophene rings is 1. The van der Waals surface area contributed by atoms with E-state index in [-0.39, 0.29) is 11.0 Å². The Labute approximate surface area is 166 Å². The number of hydrogen-bond donors (Lipinski definition) is 1. The number of nitrogens with zero attached hydrogens (tertiary/aromatic N) is 2. The van der Waals surface area contributed by atoms with Crippen LogP contribution in [0.1, 0.15) is 34.6 Å². The molecular formula is C19H21N3OS3. The number of ketones is 1. The molecule has 1 atom stereocenters. The standard InChI is InChI=1S/C19H21N3OS3/c1-3-14-6-8-15(9-7-14)17(23)13(2)25-19-22-21-18(26-19)20-11-10-16-5-4-12-24-16/h4-9,12-13H,3,10-11H2,1-2H3,(H,20,21). The molecule has 0 amide bonds. The van der Waals surface area contributed by atoms with Gasteiger partial charge in [0.15, 0.2) is 10.1 Å². The normalized spacial score (nSPS) is 12.1. The highest BCUT2D eigenvalue weighted by Crippen LogP contribution is 2.30. The van der Waals surface area contributed by atoms with Crippen LogP contribution in [0.25, 0.3) is 0 Å². The Morgan fingerprint density at radius 3 is 2.73 bits per heavy atom. The van der Waals surface area contributed by atoms with Crippen molar-refractivity contribution in [3.05, 3.63) is 57.8 Å². The highest BCUT2D eigenvalue weighted by atomic mass is 32.2. The molecule has 1 unspecified atom stereocenters.